The van der Waals surface area contributed by atoms with E-state index < -0.39 is 0 Å². The molecule has 3 heteroatoms. The van der Waals surface area contributed by atoms with Gasteiger partial charge in [-0.05, 0) is 61.5 Å². The van der Waals surface area contributed by atoms with Crippen molar-refractivity contribution in [1.29, 1.82) is 0 Å². The largest absolute Gasteiger partial charge is 0.313 e. The van der Waals surface area contributed by atoms with Crippen molar-refractivity contribution in [2.24, 2.45) is 4.99 Å². The highest BCUT2D eigenvalue weighted by Crippen LogP contribution is 2.50. The van der Waals surface area contributed by atoms with Gasteiger partial charge in [0, 0.05) is 10.6 Å². The Kier molecular flexibility index (Phi) is 4.48. The van der Waals surface area contributed by atoms with Crippen molar-refractivity contribution in [1.82, 2.24) is 4.90 Å². The first-order valence-corrected chi connectivity index (χ1v) is 10.8. The molecule has 5 rings (SSSR count). The summed E-state index contributed by atoms with van der Waals surface area (Å²) in [4.78, 5) is 9.01. The first-order valence-electron chi connectivity index (χ1n) is 9.99. The van der Waals surface area contributed by atoms with Gasteiger partial charge in [0.1, 0.15) is 0 Å². The summed E-state index contributed by atoms with van der Waals surface area (Å²) in [5, 5.41) is 1.13. The number of allylic oxidation sites excluding steroid dienone is 3. The highest BCUT2D eigenvalue weighted by atomic mass is 32.2. The van der Waals surface area contributed by atoms with Gasteiger partial charge in [-0.2, -0.15) is 0 Å². The predicted molar refractivity (Wildman–Crippen MR) is 120 cm³/mol. The molecule has 1 aliphatic carbocycles. The normalized spacial score (nSPS) is 23.1. The molecule has 3 aliphatic rings. The smallest absolute Gasteiger partial charge is 0.174 e. The van der Waals surface area contributed by atoms with Crippen LogP contribution in [0.15, 0.2) is 93.1 Å². The summed E-state index contributed by atoms with van der Waals surface area (Å²) in [6, 6.07) is 21.8. The second kappa shape index (κ2) is 7.14. The average molecular weight is 385 g/mol. The molecule has 2 nitrogen and oxygen atoms in total. The third kappa shape index (κ3) is 2.94. The summed E-state index contributed by atoms with van der Waals surface area (Å²) in [7, 11) is 0. The second-order valence-electron chi connectivity index (χ2n) is 7.63. The van der Waals surface area contributed by atoms with Crippen molar-refractivity contribution >= 4 is 23.0 Å². The minimum absolute atomic E-state index is 0.258. The van der Waals surface area contributed by atoms with Crippen LogP contribution in [0.25, 0.3) is 6.08 Å². The van der Waals surface area contributed by atoms with Gasteiger partial charge < -0.3 is 4.90 Å². The van der Waals surface area contributed by atoms with Crippen molar-refractivity contribution in [3.63, 3.8) is 0 Å². The van der Waals surface area contributed by atoms with Crippen molar-refractivity contribution < 1.29 is 0 Å². The number of amidine groups is 1. The zero-order valence-electron chi connectivity index (χ0n) is 16.4. The van der Waals surface area contributed by atoms with Gasteiger partial charge in [0.05, 0.1) is 11.7 Å². The minimum Gasteiger partial charge on any atom is -0.313 e. The Morgan fingerprint density at radius 1 is 0.964 bits per heavy atom. The molecule has 0 saturated heterocycles. The summed E-state index contributed by atoms with van der Waals surface area (Å²) < 4.78 is 0. The third-order valence-electron chi connectivity index (χ3n) is 5.87. The predicted octanol–water partition coefficient (Wildman–Crippen LogP) is 6.92. The molecule has 1 atom stereocenters. The van der Waals surface area contributed by atoms with E-state index in [1.54, 1.807) is 0 Å². The fourth-order valence-corrected chi connectivity index (χ4v) is 5.40. The van der Waals surface area contributed by atoms with Gasteiger partial charge in [-0.3, -0.25) is 0 Å². The lowest BCUT2D eigenvalue weighted by molar-refractivity contribution is 0.411. The summed E-state index contributed by atoms with van der Waals surface area (Å²) in [5.74, 6) is 0. The standard InChI is InChI=1S/C25H24N2S/c1-17-18(2)28-25-26-23-21(16-19-10-5-3-6-11-19)14-9-15-22(23)24(27(17)25)20-12-7-4-8-13-20/h3-8,10-13,16,24H,9,14-15H2,1-2H3/b21-16-/t24-/m1/s1. The Hall–Kier alpha value is -2.52. The van der Waals surface area contributed by atoms with Gasteiger partial charge >= 0.3 is 0 Å². The van der Waals surface area contributed by atoms with Gasteiger partial charge in [-0.1, -0.05) is 72.4 Å². The lowest BCUT2D eigenvalue weighted by Gasteiger charge is -2.39. The Morgan fingerprint density at radius 3 is 2.43 bits per heavy atom. The Morgan fingerprint density at radius 2 is 1.68 bits per heavy atom. The molecule has 2 heterocycles. The van der Waals surface area contributed by atoms with Crippen LogP contribution >= 0.6 is 11.8 Å². The van der Waals surface area contributed by atoms with Crippen LogP contribution in [0.4, 0.5) is 0 Å². The molecule has 0 radical (unpaired) electrons. The lowest BCUT2D eigenvalue weighted by Crippen LogP contribution is -2.34. The van der Waals surface area contributed by atoms with Gasteiger partial charge in [-0.25, -0.2) is 4.99 Å². The third-order valence-corrected chi connectivity index (χ3v) is 6.95. The van der Waals surface area contributed by atoms with E-state index in [0.29, 0.717) is 0 Å². The molecule has 140 valence electrons. The number of hydrogen-bond donors (Lipinski definition) is 0. The van der Waals surface area contributed by atoms with Crippen molar-refractivity contribution in [3.05, 3.63) is 99.2 Å². The molecule has 0 fully saturated rings. The van der Waals surface area contributed by atoms with Crippen LogP contribution in [0, 0.1) is 0 Å². The minimum atomic E-state index is 0.258. The fraction of sp³-hybridized carbons (Fsp3) is 0.240. The molecule has 0 unspecified atom stereocenters. The molecular weight excluding hydrogens is 360 g/mol. The van der Waals surface area contributed by atoms with Crippen LogP contribution in [0.1, 0.15) is 50.3 Å². The molecule has 0 aromatic heterocycles. The lowest BCUT2D eigenvalue weighted by atomic mass is 9.83. The monoisotopic (exact) mass is 384 g/mol. The topological polar surface area (TPSA) is 15.6 Å². The molecule has 0 amide bonds. The molecule has 2 aromatic carbocycles. The molecule has 28 heavy (non-hydrogen) atoms. The molecule has 0 N–H and O–H groups in total. The summed E-state index contributed by atoms with van der Waals surface area (Å²) in [6.07, 6.45) is 5.74. The van der Waals surface area contributed by atoms with E-state index in [-0.39, 0.29) is 6.04 Å². The van der Waals surface area contributed by atoms with Gasteiger partial charge in [0.2, 0.25) is 0 Å². The number of thioether (sulfide) groups is 1. The highest BCUT2D eigenvalue weighted by molar-refractivity contribution is 8.17. The number of rotatable bonds is 2. The van der Waals surface area contributed by atoms with Gasteiger partial charge in [0.15, 0.2) is 5.17 Å². The SMILES string of the molecule is CC1=C(C)N2C(=NC3=C(CCC/C3=C/c3ccccc3)[C@H]2c2ccccc2)S1. The van der Waals surface area contributed by atoms with E-state index in [1.165, 1.54) is 45.0 Å². The van der Waals surface area contributed by atoms with Crippen LogP contribution < -0.4 is 0 Å². The van der Waals surface area contributed by atoms with Crippen LogP contribution in [-0.2, 0) is 0 Å². The van der Waals surface area contributed by atoms with Crippen LogP contribution in [0.5, 0.6) is 0 Å². The van der Waals surface area contributed by atoms with Crippen molar-refractivity contribution in [2.45, 2.75) is 39.2 Å². The van der Waals surface area contributed by atoms with Gasteiger partial charge in [-0.15, -0.1) is 0 Å². The number of benzene rings is 2. The van der Waals surface area contributed by atoms with Crippen molar-refractivity contribution in [3.8, 4) is 0 Å². The zero-order chi connectivity index (χ0) is 19.1. The number of nitrogens with zero attached hydrogens (tertiary/aromatic N) is 2. The molecule has 0 spiro atoms. The van der Waals surface area contributed by atoms with E-state index in [2.05, 4.69) is 85.5 Å². The highest BCUT2D eigenvalue weighted by Gasteiger charge is 2.39. The number of aliphatic imine (C=N–C) groups is 1. The van der Waals surface area contributed by atoms with E-state index in [0.717, 1.165) is 18.0 Å². The maximum absolute atomic E-state index is 5.20. The molecule has 2 aromatic rings. The van der Waals surface area contributed by atoms with Gasteiger partial charge in [0.25, 0.3) is 0 Å². The molecule has 0 bridgehead atoms. The van der Waals surface area contributed by atoms with Crippen molar-refractivity contribution in [2.75, 3.05) is 0 Å². The average Bonchev–Trinajstić information content (AvgIpc) is 3.02. The first-order chi connectivity index (χ1) is 13.7. The zero-order valence-corrected chi connectivity index (χ0v) is 17.2. The van der Waals surface area contributed by atoms with Crippen LogP contribution in [0.2, 0.25) is 0 Å². The quantitative estimate of drug-likeness (QED) is 0.558. The van der Waals surface area contributed by atoms with Crippen LogP contribution in [-0.4, -0.2) is 10.1 Å². The van der Waals surface area contributed by atoms with E-state index in [1.807, 2.05) is 11.8 Å². The number of fused-ring (bicyclic) bond motifs is 1. The summed E-state index contributed by atoms with van der Waals surface area (Å²) >= 11 is 1.81. The molecule has 0 saturated carbocycles. The van der Waals surface area contributed by atoms with Crippen LogP contribution in [0.3, 0.4) is 0 Å². The second-order valence-corrected chi connectivity index (χ2v) is 8.81. The maximum atomic E-state index is 5.20. The Bertz CT molecular complexity index is 1030. The Balaban J connectivity index is 1.67. The maximum Gasteiger partial charge on any atom is 0.174 e. The Labute approximate surface area is 171 Å². The fourth-order valence-electron chi connectivity index (χ4n) is 4.40. The first kappa shape index (κ1) is 17.6. The summed E-state index contributed by atoms with van der Waals surface area (Å²) in [6.45, 7) is 4.44. The number of hydrogen-bond acceptors (Lipinski definition) is 3. The molecular formula is C25H24N2S. The molecule has 2 aliphatic heterocycles. The van der Waals surface area contributed by atoms with E-state index >= 15 is 0 Å². The van der Waals surface area contributed by atoms with E-state index in [9.17, 15) is 0 Å². The van der Waals surface area contributed by atoms with E-state index in [4.69, 9.17) is 4.99 Å². The summed E-state index contributed by atoms with van der Waals surface area (Å²) in [5.41, 5.74) is 8.03.